The lowest BCUT2D eigenvalue weighted by Gasteiger charge is -1.96. The van der Waals surface area contributed by atoms with Crippen molar-refractivity contribution in [3.8, 4) is 0 Å². The maximum absolute atomic E-state index is 11.0. The van der Waals surface area contributed by atoms with Gasteiger partial charge in [0.2, 0.25) is 0 Å². The van der Waals surface area contributed by atoms with Crippen LogP contribution < -0.4 is 0 Å². The number of carbonyl (C=O) groups is 1. The first-order valence-electron chi connectivity index (χ1n) is 4.52. The number of aromatic nitrogens is 2. The molecule has 0 aromatic carbocycles. The molecule has 0 amide bonds. The summed E-state index contributed by atoms with van der Waals surface area (Å²) in [5.74, 6) is 0.327. The topological polar surface area (TPSA) is 52.1 Å². The van der Waals surface area contributed by atoms with E-state index in [-0.39, 0.29) is 12.4 Å². The molecule has 80 valence electrons. The lowest BCUT2D eigenvalue weighted by Crippen LogP contribution is -2.01. The van der Waals surface area contributed by atoms with Gasteiger partial charge < -0.3 is 4.74 Å². The van der Waals surface area contributed by atoms with Crippen LogP contribution in [0.4, 0.5) is 0 Å². The molecule has 5 heteroatoms. The lowest BCUT2D eigenvalue weighted by molar-refractivity contribution is -0.142. The van der Waals surface area contributed by atoms with Crippen molar-refractivity contribution in [1.82, 2.24) is 9.97 Å². The second-order valence-electron chi connectivity index (χ2n) is 2.67. The number of hydrogen-bond acceptors (Lipinski definition) is 4. The molecular weight excluding hydrogens is 260 g/mol. The Morgan fingerprint density at radius 2 is 2.20 bits per heavy atom. The summed E-state index contributed by atoms with van der Waals surface area (Å²) in [6.07, 6.45) is 6.91. The predicted molar refractivity (Wildman–Crippen MR) is 60.0 cm³/mol. The van der Waals surface area contributed by atoms with Crippen molar-refractivity contribution in [3.05, 3.63) is 28.8 Å². The third-order valence-electron chi connectivity index (χ3n) is 1.50. The maximum Gasteiger partial charge on any atom is 0.309 e. The van der Waals surface area contributed by atoms with E-state index in [9.17, 15) is 4.79 Å². The van der Waals surface area contributed by atoms with E-state index >= 15 is 0 Å². The molecule has 0 saturated heterocycles. The second kappa shape index (κ2) is 6.29. The molecule has 0 aliphatic heterocycles. The summed E-state index contributed by atoms with van der Waals surface area (Å²) in [6, 6.07) is 0. The average molecular weight is 271 g/mol. The van der Waals surface area contributed by atoms with E-state index in [2.05, 4.69) is 25.9 Å². The third kappa shape index (κ3) is 4.69. The Morgan fingerprint density at radius 1 is 1.53 bits per heavy atom. The zero-order valence-electron chi connectivity index (χ0n) is 8.31. The van der Waals surface area contributed by atoms with E-state index < -0.39 is 0 Å². The molecule has 0 aliphatic rings. The van der Waals surface area contributed by atoms with Crippen LogP contribution in [0.25, 0.3) is 6.08 Å². The van der Waals surface area contributed by atoms with Crippen molar-refractivity contribution >= 4 is 28.0 Å². The minimum absolute atomic E-state index is 0.243. The van der Waals surface area contributed by atoms with Gasteiger partial charge in [0.1, 0.15) is 0 Å². The van der Waals surface area contributed by atoms with Crippen LogP contribution in [0.1, 0.15) is 19.2 Å². The quantitative estimate of drug-likeness (QED) is 0.788. The van der Waals surface area contributed by atoms with Crippen LogP contribution >= 0.6 is 15.9 Å². The number of esters is 1. The van der Waals surface area contributed by atoms with Gasteiger partial charge in [-0.15, -0.1) is 0 Å². The minimum Gasteiger partial charge on any atom is -0.466 e. The molecule has 0 N–H and O–H groups in total. The predicted octanol–water partition coefficient (Wildman–Crippen LogP) is 2.21. The Balaban J connectivity index is 2.44. The van der Waals surface area contributed by atoms with Gasteiger partial charge in [-0.05, 0) is 28.9 Å². The highest BCUT2D eigenvalue weighted by Crippen LogP contribution is 2.05. The van der Waals surface area contributed by atoms with Crippen LogP contribution in [0.5, 0.6) is 0 Å². The molecule has 1 aromatic rings. The largest absolute Gasteiger partial charge is 0.466 e. The van der Waals surface area contributed by atoms with Gasteiger partial charge in [0, 0.05) is 12.4 Å². The van der Waals surface area contributed by atoms with Gasteiger partial charge >= 0.3 is 5.97 Å². The molecule has 4 nitrogen and oxygen atoms in total. The molecule has 15 heavy (non-hydrogen) atoms. The van der Waals surface area contributed by atoms with Crippen LogP contribution in [0, 0.1) is 0 Å². The highest BCUT2D eigenvalue weighted by molar-refractivity contribution is 9.10. The monoisotopic (exact) mass is 270 g/mol. The SMILES string of the molecule is CCOC(=O)CC=Cc1ncc(Br)cn1. The molecule has 0 fully saturated rings. The summed E-state index contributed by atoms with van der Waals surface area (Å²) < 4.78 is 5.58. The van der Waals surface area contributed by atoms with Crippen LogP contribution in [0.15, 0.2) is 22.9 Å². The lowest BCUT2D eigenvalue weighted by atomic mass is 10.3. The summed E-state index contributed by atoms with van der Waals surface area (Å²) in [4.78, 5) is 19.0. The average Bonchev–Trinajstić information content (AvgIpc) is 2.21. The maximum atomic E-state index is 11.0. The highest BCUT2D eigenvalue weighted by Gasteiger charge is 1.96. The van der Waals surface area contributed by atoms with E-state index in [1.807, 2.05) is 0 Å². The van der Waals surface area contributed by atoms with Crippen LogP contribution in [-0.2, 0) is 9.53 Å². The van der Waals surface area contributed by atoms with Crippen molar-refractivity contribution < 1.29 is 9.53 Å². The molecule has 1 rings (SSSR count). The van der Waals surface area contributed by atoms with E-state index in [1.165, 1.54) is 0 Å². The first-order valence-corrected chi connectivity index (χ1v) is 5.31. The minimum atomic E-state index is -0.245. The van der Waals surface area contributed by atoms with Gasteiger partial charge in [0.15, 0.2) is 5.82 Å². The molecule has 0 unspecified atom stereocenters. The summed E-state index contributed by atoms with van der Waals surface area (Å²) in [5.41, 5.74) is 0. The zero-order chi connectivity index (χ0) is 11.1. The molecule has 0 aliphatic carbocycles. The Kier molecular flexibility index (Phi) is 4.97. The molecule has 0 bridgehead atoms. The first kappa shape index (κ1) is 11.8. The Hall–Kier alpha value is -1.23. The van der Waals surface area contributed by atoms with E-state index in [4.69, 9.17) is 4.74 Å². The molecule has 0 radical (unpaired) electrons. The summed E-state index contributed by atoms with van der Waals surface area (Å²) in [7, 11) is 0. The molecule has 0 atom stereocenters. The summed E-state index contributed by atoms with van der Waals surface area (Å²) >= 11 is 3.23. The molecule has 1 aromatic heterocycles. The highest BCUT2D eigenvalue weighted by atomic mass is 79.9. The van der Waals surface area contributed by atoms with Crippen LogP contribution in [0.2, 0.25) is 0 Å². The summed E-state index contributed by atoms with van der Waals surface area (Å²) in [6.45, 7) is 2.18. The van der Waals surface area contributed by atoms with Crippen molar-refractivity contribution in [2.24, 2.45) is 0 Å². The fraction of sp³-hybridized carbons (Fsp3) is 0.300. The number of nitrogens with zero attached hydrogens (tertiary/aromatic N) is 2. The van der Waals surface area contributed by atoms with Gasteiger partial charge in [0.05, 0.1) is 17.5 Å². The fourth-order valence-corrected chi connectivity index (χ4v) is 1.09. The van der Waals surface area contributed by atoms with Crippen LogP contribution in [-0.4, -0.2) is 22.5 Å². The number of ether oxygens (including phenoxy) is 1. The molecule has 1 heterocycles. The third-order valence-corrected chi connectivity index (χ3v) is 1.91. The van der Waals surface area contributed by atoms with E-state index in [0.717, 1.165) is 4.47 Å². The van der Waals surface area contributed by atoms with Gasteiger partial charge in [0.25, 0.3) is 0 Å². The standard InChI is InChI=1S/C10H11BrN2O2/c1-2-15-10(14)5-3-4-9-12-6-8(11)7-13-9/h3-4,6-7H,2,5H2,1H3. The fourth-order valence-electron chi connectivity index (χ4n) is 0.889. The Morgan fingerprint density at radius 3 is 2.80 bits per heavy atom. The van der Waals surface area contributed by atoms with Gasteiger partial charge in [-0.3, -0.25) is 4.79 Å². The Labute approximate surface area is 96.5 Å². The van der Waals surface area contributed by atoms with Crippen molar-refractivity contribution in [1.29, 1.82) is 0 Å². The van der Waals surface area contributed by atoms with Crippen LogP contribution in [0.3, 0.4) is 0 Å². The van der Waals surface area contributed by atoms with E-state index in [1.54, 1.807) is 31.5 Å². The molecular formula is C10H11BrN2O2. The number of rotatable bonds is 4. The van der Waals surface area contributed by atoms with Crippen molar-refractivity contribution in [2.75, 3.05) is 6.61 Å². The normalized spacial score (nSPS) is 10.5. The molecule has 0 spiro atoms. The number of hydrogen-bond donors (Lipinski definition) is 0. The summed E-state index contributed by atoms with van der Waals surface area (Å²) in [5, 5.41) is 0. The Bertz CT molecular complexity index is 349. The van der Waals surface area contributed by atoms with Gasteiger partial charge in [-0.1, -0.05) is 6.08 Å². The second-order valence-corrected chi connectivity index (χ2v) is 3.59. The first-order chi connectivity index (χ1) is 7.22. The van der Waals surface area contributed by atoms with Gasteiger partial charge in [-0.25, -0.2) is 9.97 Å². The van der Waals surface area contributed by atoms with Gasteiger partial charge in [-0.2, -0.15) is 0 Å². The molecule has 0 saturated carbocycles. The number of carbonyl (C=O) groups excluding carboxylic acids is 1. The number of halogens is 1. The van der Waals surface area contributed by atoms with E-state index in [0.29, 0.717) is 12.4 Å². The zero-order valence-corrected chi connectivity index (χ0v) is 9.90. The van der Waals surface area contributed by atoms with Crippen molar-refractivity contribution in [2.45, 2.75) is 13.3 Å². The van der Waals surface area contributed by atoms with Crippen molar-refractivity contribution in [3.63, 3.8) is 0 Å². The smallest absolute Gasteiger partial charge is 0.309 e.